The maximum atomic E-state index is 4.87. The van der Waals surface area contributed by atoms with E-state index in [1.165, 1.54) is 22.1 Å². The highest BCUT2D eigenvalue weighted by molar-refractivity contribution is 5.79. The lowest BCUT2D eigenvalue weighted by Crippen LogP contribution is -2.02. The summed E-state index contributed by atoms with van der Waals surface area (Å²) in [7, 11) is 0. The summed E-state index contributed by atoms with van der Waals surface area (Å²) in [6.45, 7) is 2.20. The van der Waals surface area contributed by atoms with Crippen LogP contribution in [0.15, 0.2) is 66.2 Å². The fourth-order valence-corrected chi connectivity index (χ4v) is 3.11. The van der Waals surface area contributed by atoms with Crippen molar-refractivity contribution >= 4 is 17.0 Å². The van der Waals surface area contributed by atoms with Crippen LogP contribution < -0.4 is 0 Å². The molecule has 0 fully saturated rings. The van der Waals surface area contributed by atoms with E-state index >= 15 is 0 Å². The predicted octanol–water partition coefficient (Wildman–Crippen LogP) is 4.78. The van der Waals surface area contributed by atoms with Gasteiger partial charge in [-0.15, -0.1) is 0 Å². The normalized spacial score (nSPS) is 17.1. The SMILES string of the molecule is CC1=Cc2ccccc2C1c1ccc2ccccc2n1. The number of benzene rings is 2. The molecular formula is C19H15N. The Hall–Kier alpha value is -2.41. The number of hydrogen-bond donors (Lipinski definition) is 0. The van der Waals surface area contributed by atoms with Gasteiger partial charge in [0.2, 0.25) is 0 Å². The first-order chi connectivity index (χ1) is 9.83. The van der Waals surface area contributed by atoms with Crippen LogP contribution in [-0.2, 0) is 0 Å². The van der Waals surface area contributed by atoms with Crippen LogP contribution in [0.2, 0.25) is 0 Å². The number of rotatable bonds is 1. The zero-order chi connectivity index (χ0) is 13.5. The highest BCUT2D eigenvalue weighted by atomic mass is 14.7. The number of allylic oxidation sites excluding steroid dienone is 1. The molecule has 0 saturated carbocycles. The topological polar surface area (TPSA) is 12.9 Å². The van der Waals surface area contributed by atoms with Crippen LogP contribution in [0.5, 0.6) is 0 Å². The van der Waals surface area contributed by atoms with Gasteiger partial charge in [0.1, 0.15) is 0 Å². The molecule has 0 aliphatic heterocycles. The lowest BCUT2D eigenvalue weighted by Gasteiger charge is -2.14. The van der Waals surface area contributed by atoms with Gasteiger partial charge in [0.15, 0.2) is 0 Å². The third-order valence-corrected chi connectivity index (χ3v) is 4.06. The van der Waals surface area contributed by atoms with Crippen LogP contribution in [0, 0.1) is 0 Å². The maximum Gasteiger partial charge on any atom is 0.0705 e. The number of pyridine rings is 1. The van der Waals surface area contributed by atoms with Crippen LogP contribution in [0.25, 0.3) is 17.0 Å². The number of aromatic nitrogens is 1. The summed E-state index contributed by atoms with van der Waals surface area (Å²) in [6, 6.07) is 21.2. The Morgan fingerprint density at radius 2 is 1.65 bits per heavy atom. The summed E-state index contributed by atoms with van der Waals surface area (Å²) in [5, 5.41) is 1.20. The Bertz CT molecular complexity index is 830. The van der Waals surface area contributed by atoms with Crippen LogP contribution >= 0.6 is 0 Å². The van der Waals surface area contributed by atoms with Crippen molar-refractivity contribution in [3.63, 3.8) is 0 Å². The van der Waals surface area contributed by atoms with E-state index in [1.807, 2.05) is 6.07 Å². The number of para-hydroxylation sites is 1. The maximum absolute atomic E-state index is 4.87. The second-order valence-electron chi connectivity index (χ2n) is 5.38. The average molecular weight is 257 g/mol. The second-order valence-corrected chi connectivity index (χ2v) is 5.38. The number of nitrogens with zero attached hydrogens (tertiary/aromatic N) is 1. The van der Waals surface area contributed by atoms with Gasteiger partial charge < -0.3 is 0 Å². The molecule has 1 unspecified atom stereocenters. The van der Waals surface area contributed by atoms with E-state index < -0.39 is 0 Å². The Kier molecular flexibility index (Phi) is 2.46. The second kappa shape index (κ2) is 4.31. The summed E-state index contributed by atoms with van der Waals surface area (Å²) in [6.07, 6.45) is 2.27. The largest absolute Gasteiger partial charge is 0.252 e. The van der Waals surface area contributed by atoms with Crippen molar-refractivity contribution in [2.24, 2.45) is 0 Å². The van der Waals surface area contributed by atoms with Gasteiger partial charge in [0.05, 0.1) is 11.2 Å². The molecule has 1 aromatic heterocycles. The molecule has 1 heterocycles. The van der Waals surface area contributed by atoms with Gasteiger partial charge in [0, 0.05) is 11.3 Å². The summed E-state index contributed by atoms with van der Waals surface area (Å²) < 4.78 is 0. The highest BCUT2D eigenvalue weighted by Crippen LogP contribution is 2.40. The summed E-state index contributed by atoms with van der Waals surface area (Å²) in [5.41, 5.74) is 6.27. The molecule has 0 spiro atoms. The van der Waals surface area contributed by atoms with Crippen molar-refractivity contribution in [3.8, 4) is 0 Å². The smallest absolute Gasteiger partial charge is 0.0705 e. The fraction of sp³-hybridized carbons (Fsp3) is 0.105. The third kappa shape index (κ3) is 1.67. The minimum atomic E-state index is 0.302. The molecule has 1 nitrogen and oxygen atoms in total. The zero-order valence-corrected chi connectivity index (χ0v) is 11.4. The predicted molar refractivity (Wildman–Crippen MR) is 83.7 cm³/mol. The molecule has 96 valence electrons. The van der Waals surface area contributed by atoms with E-state index in [-0.39, 0.29) is 0 Å². The fourth-order valence-electron chi connectivity index (χ4n) is 3.11. The number of fused-ring (bicyclic) bond motifs is 2. The quantitative estimate of drug-likeness (QED) is 0.611. The molecule has 0 bridgehead atoms. The van der Waals surface area contributed by atoms with Crippen LogP contribution in [-0.4, -0.2) is 4.98 Å². The van der Waals surface area contributed by atoms with E-state index in [4.69, 9.17) is 4.98 Å². The molecule has 3 aromatic rings. The highest BCUT2D eigenvalue weighted by Gasteiger charge is 2.24. The molecule has 20 heavy (non-hydrogen) atoms. The third-order valence-electron chi connectivity index (χ3n) is 4.06. The van der Waals surface area contributed by atoms with Crippen LogP contribution in [0.1, 0.15) is 29.7 Å². The Labute approximate surface area is 118 Å². The van der Waals surface area contributed by atoms with Crippen molar-refractivity contribution in [2.45, 2.75) is 12.8 Å². The summed E-state index contributed by atoms with van der Waals surface area (Å²) in [4.78, 5) is 4.87. The molecule has 1 heteroatoms. The van der Waals surface area contributed by atoms with E-state index in [2.05, 4.69) is 67.6 Å². The first-order valence-electron chi connectivity index (χ1n) is 6.96. The van der Waals surface area contributed by atoms with Crippen molar-refractivity contribution in [1.29, 1.82) is 0 Å². The van der Waals surface area contributed by atoms with Gasteiger partial charge in [-0.1, -0.05) is 60.2 Å². The van der Waals surface area contributed by atoms with E-state index in [1.54, 1.807) is 0 Å². The van der Waals surface area contributed by atoms with E-state index in [0.717, 1.165) is 11.2 Å². The summed E-state index contributed by atoms with van der Waals surface area (Å²) >= 11 is 0. The molecule has 0 N–H and O–H groups in total. The molecule has 1 atom stereocenters. The monoisotopic (exact) mass is 257 g/mol. The van der Waals surface area contributed by atoms with Gasteiger partial charge in [-0.3, -0.25) is 4.98 Å². The van der Waals surface area contributed by atoms with Crippen LogP contribution in [0.4, 0.5) is 0 Å². The summed E-state index contributed by atoms with van der Waals surface area (Å²) in [5.74, 6) is 0.302. The minimum absolute atomic E-state index is 0.302. The van der Waals surface area contributed by atoms with Gasteiger partial charge in [0.25, 0.3) is 0 Å². The first-order valence-corrected chi connectivity index (χ1v) is 6.96. The molecular weight excluding hydrogens is 242 g/mol. The van der Waals surface area contributed by atoms with Crippen molar-refractivity contribution in [1.82, 2.24) is 4.98 Å². The van der Waals surface area contributed by atoms with Crippen molar-refractivity contribution < 1.29 is 0 Å². The lowest BCUT2D eigenvalue weighted by molar-refractivity contribution is 0.929. The molecule has 0 amide bonds. The van der Waals surface area contributed by atoms with Gasteiger partial charge >= 0.3 is 0 Å². The average Bonchev–Trinajstić information content (AvgIpc) is 2.82. The molecule has 2 aromatic carbocycles. The van der Waals surface area contributed by atoms with Crippen molar-refractivity contribution in [2.75, 3.05) is 0 Å². The zero-order valence-electron chi connectivity index (χ0n) is 11.4. The Balaban J connectivity index is 1.89. The van der Waals surface area contributed by atoms with Gasteiger partial charge in [-0.2, -0.15) is 0 Å². The molecule has 1 aliphatic carbocycles. The van der Waals surface area contributed by atoms with E-state index in [9.17, 15) is 0 Å². The Morgan fingerprint density at radius 3 is 2.60 bits per heavy atom. The van der Waals surface area contributed by atoms with E-state index in [0.29, 0.717) is 5.92 Å². The Morgan fingerprint density at radius 1 is 0.850 bits per heavy atom. The molecule has 4 rings (SSSR count). The lowest BCUT2D eigenvalue weighted by atomic mass is 9.92. The standard InChI is InChI=1S/C19H15N/c1-13-12-15-7-2-4-8-16(15)19(13)18-11-10-14-6-3-5-9-17(14)20-18/h2-12,19H,1H3. The van der Waals surface area contributed by atoms with Crippen molar-refractivity contribution in [3.05, 3.63) is 83.1 Å². The van der Waals surface area contributed by atoms with Gasteiger partial charge in [-0.05, 0) is 30.2 Å². The van der Waals surface area contributed by atoms with Crippen LogP contribution in [0.3, 0.4) is 0 Å². The molecule has 0 saturated heterocycles. The first kappa shape index (κ1) is 11.4. The molecule has 1 aliphatic rings. The number of hydrogen-bond acceptors (Lipinski definition) is 1. The van der Waals surface area contributed by atoms with Gasteiger partial charge in [-0.25, -0.2) is 0 Å². The molecule has 0 radical (unpaired) electrons. The minimum Gasteiger partial charge on any atom is -0.252 e.